The fourth-order valence-electron chi connectivity index (χ4n) is 10.6. The molecular formula is C50H39N5. The Morgan fingerprint density at radius 2 is 1.29 bits per heavy atom. The van der Waals surface area contributed by atoms with Crippen molar-refractivity contribution >= 4 is 5.84 Å². The Bertz CT molecular complexity index is 2670. The normalized spacial score (nSPS) is 27.4. The quantitative estimate of drug-likeness (QED) is 0.124. The summed E-state index contributed by atoms with van der Waals surface area (Å²) in [5.74, 6) is 0.889. The van der Waals surface area contributed by atoms with Gasteiger partial charge in [-0.15, -0.1) is 0 Å². The molecule has 6 aromatic carbocycles. The van der Waals surface area contributed by atoms with Crippen molar-refractivity contribution in [2.75, 3.05) is 13.1 Å². The van der Waals surface area contributed by atoms with Crippen LogP contribution < -0.4 is 16.0 Å². The Morgan fingerprint density at radius 1 is 0.600 bits per heavy atom. The fourth-order valence-corrected chi connectivity index (χ4v) is 10.6. The van der Waals surface area contributed by atoms with Crippen molar-refractivity contribution in [2.45, 2.75) is 29.3 Å². The molecule has 0 aromatic heterocycles. The largest absolute Gasteiger partial charge is 0.383 e. The van der Waals surface area contributed by atoms with Gasteiger partial charge in [0, 0.05) is 24.4 Å². The first kappa shape index (κ1) is 31.1. The smallest absolute Gasteiger partial charge is 0.131 e. The molecule has 1 saturated heterocycles. The average Bonchev–Trinajstić information content (AvgIpc) is 3.49. The third-order valence-corrected chi connectivity index (χ3v) is 12.9. The number of fused-ring (bicyclic) bond motifs is 8. The summed E-state index contributed by atoms with van der Waals surface area (Å²) in [5, 5.41) is 11.2. The van der Waals surface area contributed by atoms with Gasteiger partial charge in [0.05, 0.1) is 17.0 Å². The van der Waals surface area contributed by atoms with E-state index in [9.17, 15) is 0 Å². The van der Waals surface area contributed by atoms with Crippen molar-refractivity contribution in [3.63, 3.8) is 0 Å². The SMILES string of the molecule is C1=CC2=C(NC1)C1N3CC=CC13C21c2ccccc2-c2cc(-c3cccc(-c4cccc(C5N=C(c6ccccc6)NC(c6ccccc6)N5)c4)c3)ccc21. The maximum Gasteiger partial charge on any atom is 0.131 e. The first-order chi connectivity index (χ1) is 27.2. The summed E-state index contributed by atoms with van der Waals surface area (Å²) in [7, 11) is 0. The van der Waals surface area contributed by atoms with Gasteiger partial charge in [-0.25, -0.2) is 4.99 Å². The molecule has 1 fully saturated rings. The van der Waals surface area contributed by atoms with Crippen LogP contribution in [0.4, 0.5) is 0 Å². The van der Waals surface area contributed by atoms with Crippen LogP contribution in [-0.4, -0.2) is 35.4 Å². The molecule has 5 heteroatoms. The lowest BCUT2D eigenvalue weighted by atomic mass is 9.65. The zero-order chi connectivity index (χ0) is 36.1. The number of dihydropyridines is 1. The van der Waals surface area contributed by atoms with Crippen LogP contribution in [0.3, 0.4) is 0 Å². The van der Waals surface area contributed by atoms with Crippen molar-refractivity contribution in [1.82, 2.24) is 20.9 Å². The summed E-state index contributed by atoms with van der Waals surface area (Å²) in [6, 6.07) is 55.7. The number of hydrogen-bond acceptors (Lipinski definition) is 5. The standard InChI is InChI=1S/C50H39N5/c1-3-13-32(14-4-1)46-52-47(33-15-5-2-6-16-33)54-48(53-46)38-20-10-19-36(30-38)34-17-9-18-35(29-34)37-24-25-42-40(31-37)39-21-7-8-22-41(39)50(42)43-23-11-27-51-44(43)45-49(50)26-12-28-55(45)49/h1-26,29-31,45-46,48,51,53H,27-28H2,(H,52,54). The van der Waals surface area contributed by atoms with E-state index in [0.29, 0.717) is 6.04 Å². The first-order valence-electron chi connectivity index (χ1n) is 19.5. The van der Waals surface area contributed by atoms with E-state index >= 15 is 0 Å². The van der Waals surface area contributed by atoms with Gasteiger partial charge >= 0.3 is 0 Å². The highest BCUT2D eigenvalue weighted by atomic mass is 15.5. The van der Waals surface area contributed by atoms with Gasteiger partial charge in [-0.1, -0.05) is 158 Å². The van der Waals surface area contributed by atoms with Gasteiger partial charge in [0.25, 0.3) is 0 Å². The van der Waals surface area contributed by atoms with Crippen molar-refractivity contribution in [3.8, 4) is 33.4 Å². The second kappa shape index (κ2) is 11.6. The summed E-state index contributed by atoms with van der Waals surface area (Å²) < 4.78 is 0. The minimum Gasteiger partial charge on any atom is -0.383 e. The molecule has 0 radical (unpaired) electrons. The third kappa shape index (κ3) is 4.28. The van der Waals surface area contributed by atoms with Crippen molar-refractivity contribution in [2.24, 2.45) is 4.99 Å². The second-order valence-corrected chi connectivity index (χ2v) is 15.6. The summed E-state index contributed by atoms with van der Waals surface area (Å²) in [5.41, 5.74) is 16.4. The van der Waals surface area contributed by atoms with Crippen LogP contribution in [0.25, 0.3) is 33.4 Å². The zero-order valence-electron chi connectivity index (χ0n) is 30.3. The maximum atomic E-state index is 5.21. The molecule has 6 aliphatic rings. The molecule has 6 atom stereocenters. The van der Waals surface area contributed by atoms with Crippen LogP contribution in [0.15, 0.2) is 192 Å². The lowest BCUT2D eigenvalue weighted by Crippen LogP contribution is -2.44. The Labute approximate surface area is 321 Å². The van der Waals surface area contributed by atoms with Crippen LogP contribution >= 0.6 is 0 Å². The number of nitrogens with one attached hydrogen (secondary N) is 3. The lowest BCUT2D eigenvalue weighted by Gasteiger charge is -2.38. The molecule has 0 amide bonds. The van der Waals surface area contributed by atoms with E-state index in [1.165, 1.54) is 61.3 Å². The van der Waals surface area contributed by atoms with Crippen LogP contribution in [0.1, 0.15) is 40.1 Å². The summed E-state index contributed by atoms with van der Waals surface area (Å²) in [4.78, 5) is 7.91. The zero-order valence-corrected chi connectivity index (χ0v) is 30.3. The van der Waals surface area contributed by atoms with Crippen molar-refractivity contribution in [3.05, 3.63) is 215 Å². The molecule has 4 heterocycles. The van der Waals surface area contributed by atoms with Crippen LogP contribution in [0.2, 0.25) is 0 Å². The number of benzene rings is 6. The van der Waals surface area contributed by atoms with Gasteiger partial charge in [-0.05, 0) is 79.4 Å². The van der Waals surface area contributed by atoms with E-state index in [0.717, 1.165) is 30.1 Å². The summed E-state index contributed by atoms with van der Waals surface area (Å²) >= 11 is 0. The van der Waals surface area contributed by atoms with Gasteiger partial charge in [0.1, 0.15) is 18.2 Å². The second-order valence-electron chi connectivity index (χ2n) is 15.6. The molecule has 2 aliphatic carbocycles. The summed E-state index contributed by atoms with van der Waals surface area (Å²) in [6.45, 7) is 1.91. The minimum absolute atomic E-state index is 0.0383. The van der Waals surface area contributed by atoms with Gasteiger partial charge in [0.2, 0.25) is 0 Å². The molecule has 6 unspecified atom stereocenters. The van der Waals surface area contributed by atoms with E-state index in [2.05, 4.69) is 191 Å². The Kier molecular flexibility index (Phi) is 6.57. The van der Waals surface area contributed by atoms with Crippen LogP contribution in [-0.2, 0) is 5.41 Å². The van der Waals surface area contributed by atoms with Crippen molar-refractivity contribution in [1.29, 1.82) is 0 Å². The number of amidine groups is 1. The molecule has 5 nitrogen and oxygen atoms in total. The average molecular weight is 710 g/mol. The van der Waals surface area contributed by atoms with Crippen LogP contribution in [0, 0.1) is 0 Å². The van der Waals surface area contributed by atoms with E-state index in [-0.39, 0.29) is 23.3 Å². The highest BCUT2D eigenvalue weighted by Gasteiger charge is 2.81. The molecular weight excluding hydrogens is 671 g/mol. The van der Waals surface area contributed by atoms with E-state index in [1.807, 2.05) is 6.07 Å². The predicted octanol–water partition coefficient (Wildman–Crippen LogP) is 9.04. The number of nitrogens with zero attached hydrogens (tertiary/aromatic N) is 2. The highest BCUT2D eigenvalue weighted by Crippen LogP contribution is 2.74. The van der Waals surface area contributed by atoms with E-state index in [1.54, 1.807) is 0 Å². The van der Waals surface area contributed by atoms with E-state index in [4.69, 9.17) is 4.99 Å². The Hall–Kier alpha value is -6.27. The molecule has 55 heavy (non-hydrogen) atoms. The lowest BCUT2D eigenvalue weighted by molar-refractivity contribution is 0.406. The molecule has 0 saturated carbocycles. The van der Waals surface area contributed by atoms with Crippen LogP contribution in [0.5, 0.6) is 0 Å². The van der Waals surface area contributed by atoms with Gasteiger partial charge in [-0.3, -0.25) is 10.2 Å². The maximum absolute atomic E-state index is 5.21. The molecule has 12 rings (SSSR count). The van der Waals surface area contributed by atoms with Gasteiger partial charge in [0.15, 0.2) is 0 Å². The third-order valence-electron chi connectivity index (χ3n) is 12.9. The van der Waals surface area contributed by atoms with Gasteiger partial charge in [-0.2, -0.15) is 0 Å². The monoisotopic (exact) mass is 709 g/mol. The number of rotatable bonds is 5. The molecule has 0 bridgehead atoms. The topological polar surface area (TPSA) is 51.5 Å². The van der Waals surface area contributed by atoms with Gasteiger partial charge < -0.3 is 10.6 Å². The predicted molar refractivity (Wildman–Crippen MR) is 221 cm³/mol. The Morgan fingerprint density at radius 3 is 2.15 bits per heavy atom. The molecule has 3 N–H and O–H groups in total. The van der Waals surface area contributed by atoms with E-state index < -0.39 is 0 Å². The number of hydrogen-bond donors (Lipinski definition) is 3. The number of allylic oxidation sites excluding steroid dienone is 1. The highest BCUT2D eigenvalue weighted by molar-refractivity contribution is 5.99. The molecule has 6 aromatic rings. The molecule has 264 valence electrons. The first-order valence-corrected chi connectivity index (χ1v) is 19.5. The minimum atomic E-state index is -0.221. The molecule has 2 spiro atoms. The fraction of sp³-hybridized carbons (Fsp3) is 0.140. The summed E-state index contributed by atoms with van der Waals surface area (Å²) in [6.07, 6.45) is 9.34. The van der Waals surface area contributed by atoms with Crippen molar-refractivity contribution < 1.29 is 0 Å². The molecule has 4 aliphatic heterocycles. The number of aliphatic imine (C=N–C) groups is 1. The Balaban J connectivity index is 0.922.